The second-order valence-electron chi connectivity index (χ2n) is 6.99. The van der Waals surface area contributed by atoms with Crippen molar-refractivity contribution in [2.24, 2.45) is 0 Å². The molecule has 2 aromatic heterocycles. The van der Waals surface area contributed by atoms with E-state index < -0.39 is 0 Å². The van der Waals surface area contributed by atoms with Crippen molar-refractivity contribution >= 4 is 11.6 Å². The van der Waals surface area contributed by atoms with Gasteiger partial charge in [0.1, 0.15) is 0 Å². The number of methoxy groups -OCH3 is 1. The number of aryl methyl sites for hydroxylation is 1. The van der Waals surface area contributed by atoms with Gasteiger partial charge in [0.25, 0.3) is 5.56 Å². The molecule has 0 bridgehead atoms. The Morgan fingerprint density at radius 2 is 2.11 bits per heavy atom. The molecule has 1 saturated heterocycles. The van der Waals surface area contributed by atoms with E-state index in [4.69, 9.17) is 4.74 Å². The number of aromatic nitrogens is 3. The Balaban J connectivity index is 1.66. The average Bonchev–Trinajstić information content (AvgIpc) is 3.24. The summed E-state index contributed by atoms with van der Waals surface area (Å²) in [7, 11) is 1.62. The summed E-state index contributed by atoms with van der Waals surface area (Å²) in [5.41, 5.74) is 4.05. The van der Waals surface area contributed by atoms with Gasteiger partial charge in [-0.15, -0.1) is 0 Å². The smallest absolute Gasteiger partial charge is 0.272 e. The van der Waals surface area contributed by atoms with Gasteiger partial charge in [-0.2, -0.15) is 0 Å². The molecule has 4 rings (SSSR count). The van der Waals surface area contributed by atoms with Crippen LogP contribution in [0, 0.1) is 6.92 Å². The third-order valence-corrected chi connectivity index (χ3v) is 5.00. The molecule has 0 unspecified atom stereocenters. The molecule has 1 aliphatic rings. The summed E-state index contributed by atoms with van der Waals surface area (Å²) in [6, 6.07) is 11.5. The molecule has 140 valence electrons. The molecule has 1 N–H and O–H groups in total. The van der Waals surface area contributed by atoms with Gasteiger partial charge in [0.15, 0.2) is 5.65 Å². The molecule has 1 aromatic carbocycles. The number of likely N-dealkylation sites (tertiary alicyclic amines) is 1. The maximum absolute atomic E-state index is 12.6. The maximum Gasteiger partial charge on any atom is 0.272 e. The lowest BCUT2D eigenvalue weighted by Gasteiger charge is -2.15. The Hall–Kier alpha value is -2.93. The highest BCUT2D eigenvalue weighted by Crippen LogP contribution is 2.27. The van der Waals surface area contributed by atoms with E-state index in [0.717, 1.165) is 16.8 Å². The van der Waals surface area contributed by atoms with E-state index in [1.807, 2.05) is 31.2 Å². The molecular weight excluding hydrogens is 344 g/mol. The number of amides is 1. The van der Waals surface area contributed by atoms with Gasteiger partial charge in [0.05, 0.1) is 18.0 Å². The molecule has 7 heteroatoms. The number of aromatic amines is 1. The first-order valence-electron chi connectivity index (χ1n) is 9.01. The van der Waals surface area contributed by atoms with Gasteiger partial charge >= 0.3 is 0 Å². The van der Waals surface area contributed by atoms with E-state index in [9.17, 15) is 9.59 Å². The highest BCUT2D eigenvalue weighted by molar-refractivity contribution is 5.79. The average molecular weight is 366 g/mol. The normalized spacial score (nSPS) is 17.2. The Bertz CT molecular complexity index is 1050. The van der Waals surface area contributed by atoms with Crippen molar-refractivity contribution in [2.75, 3.05) is 26.8 Å². The van der Waals surface area contributed by atoms with Crippen molar-refractivity contribution in [3.05, 3.63) is 58.0 Å². The summed E-state index contributed by atoms with van der Waals surface area (Å²) in [5.74, 6) is 0.0120. The largest absolute Gasteiger partial charge is 0.383 e. The number of nitrogens with one attached hydrogen (secondary N) is 1. The van der Waals surface area contributed by atoms with E-state index in [-0.39, 0.29) is 17.4 Å². The van der Waals surface area contributed by atoms with Crippen molar-refractivity contribution in [3.63, 3.8) is 0 Å². The van der Waals surface area contributed by atoms with Gasteiger partial charge in [0.2, 0.25) is 5.91 Å². The maximum atomic E-state index is 12.6. The number of hydrogen-bond donors (Lipinski definition) is 1. The second-order valence-corrected chi connectivity index (χ2v) is 6.99. The molecule has 1 aliphatic heterocycles. The third kappa shape index (κ3) is 3.38. The van der Waals surface area contributed by atoms with Crippen molar-refractivity contribution < 1.29 is 9.53 Å². The highest BCUT2D eigenvalue weighted by Gasteiger charge is 2.31. The van der Waals surface area contributed by atoms with Crippen molar-refractivity contribution in [1.82, 2.24) is 19.5 Å². The fourth-order valence-corrected chi connectivity index (χ4v) is 3.57. The predicted octanol–water partition coefficient (Wildman–Crippen LogP) is 1.96. The zero-order valence-electron chi connectivity index (χ0n) is 15.4. The first-order chi connectivity index (χ1) is 13.0. The van der Waals surface area contributed by atoms with Crippen molar-refractivity contribution in [2.45, 2.75) is 19.3 Å². The molecule has 3 aromatic rings. The van der Waals surface area contributed by atoms with E-state index >= 15 is 0 Å². The molecule has 0 saturated carbocycles. The number of nitrogens with zero attached hydrogens (tertiary/aromatic N) is 3. The quantitative estimate of drug-likeness (QED) is 0.749. The number of fused-ring (bicyclic) bond motifs is 1. The van der Waals surface area contributed by atoms with Crippen LogP contribution in [0.2, 0.25) is 0 Å². The van der Waals surface area contributed by atoms with Crippen LogP contribution in [0.3, 0.4) is 0 Å². The third-order valence-electron chi connectivity index (χ3n) is 5.00. The van der Waals surface area contributed by atoms with Gasteiger partial charge < -0.3 is 9.64 Å². The SMILES string of the molecule is COCCN1C[C@@H](c2cc(=O)n3[nH]c(-c4cccc(C)c4)cc3n2)CC1=O. The second kappa shape index (κ2) is 7.00. The summed E-state index contributed by atoms with van der Waals surface area (Å²) in [4.78, 5) is 31.2. The van der Waals surface area contributed by atoms with Crippen LogP contribution < -0.4 is 5.56 Å². The van der Waals surface area contributed by atoms with Gasteiger partial charge in [-0.05, 0) is 18.6 Å². The standard InChI is InChI=1S/C20H22N4O3/c1-13-4-3-5-14(8-13)17-10-18-21-16(11-20(26)24(18)22-17)15-9-19(25)23(12-15)6-7-27-2/h3-5,8,10-11,15,22H,6-7,9,12H2,1-2H3/t15-/m0/s1. The molecule has 3 heterocycles. The number of benzene rings is 1. The van der Waals surface area contributed by atoms with E-state index in [1.165, 1.54) is 10.6 Å². The van der Waals surface area contributed by atoms with E-state index in [0.29, 0.717) is 37.5 Å². The number of H-pyrrole nitrogens is 1. The van der Waals surface area contributed by atoms with E-state index in [1.54, 1.807) is 12.0 Å². The lowest BCUT2D eigenvalue weighted by Crippen LogP contribution is -2.28. The Morgan fingerprint density at radius 3 is 2.89 bits per heavy atom. The van der Waals surface area contributed by atoms with E-state index in [2.05, 4.69) is 16.1 Å². The Labute approximate surface area is 156 Å². The number of carbonyl (C=O) groups excluding carboxylic acids is 1. The zero-order valence-corrected chi connectivity index (χ0v) is 15.4. The topological polar surface area (TPSA) is 79.7 Å². The highest BCUT2D eigenvalue weighted by atomic mass is 16.5. The van der Waals surface area contributed by atoms with Crippen LogP contribution in [0.1, 0.15) is 23.6 Å². The predicted molar refractivity (Wildman–Crippen MR) is 102 cm³/mol. The summed E-state index contributed by atoms with van der Waals surface area (Å²) >= 11 is 0. The lowest BCUT2D eigenvalue weighted by molar-refractivity contribution is -0.128. The minimum Gasteiger partial charge on any atom is -0.383 e. The van der Waals surface area contributed by atoms with Gasteiger partial charge in [-0.3, -0.25) is 14.7 Å². The van der Waals surface area contributed by atoms with Crippen LogP contribution in [-0.4, -0.2) is 52.2 Å². The number of hydrogen-bond acceptors (Lipinski definition) is 4. The molecular formula is C20H22N4O3. The number of ether oxygens (including phenoxy) is 1. The minimum atomic E-state index is -0.170. The fraction of sp³-hybridized carbons (Fsp3) is 0.350. The monoisotopic (exact) mass is 366 g/mol. The molecule has 0 spiro atoms. The first-order valence-corrected chi connectivity index (χ1v) is 9.01. The summed E-state index contributed by atoms with van der Waals surface area (Å²) in [5, 5.41) is 3.12. The summed E-state index contributed by atoms with van der Waals surface area (Å²) in [6.45, 7) is 3.67. The Morgan fingerprint density at radius 1 is 1.26 bits per heavy atom. The summed E-state index contributed by atoms with van der Waals surface area (Å²) in [6.07, 6.45) is 0.376. The summed E-state index contributed by atoms with van der Waals surface area (Å²) < 4.78 is 6.50. The molecule has 0 radical (unpaired) electrons. The molecule has 1 atom stereocenters. The van der Waals surface area contributed by atoms with Crippen molar-refractivity contribution in [1.29, 1.82) is 0 Å². The molecule has 7 nitrogen and oxygen atoms in total. The lowest BCUT2D eigenvalue weighted by atomic mass is 10.0. The first kappa shape index (κ1) is 17.5. The molecule has 27 heavy (non-hydrogen) atoms. The Kier molecular flexibility index (Phi) is 4.53. The number of carbonyl (C=O) groups is 1. The molecule has 1 fully saturated rings. The zero-order chi connectivity index (χ0) is 19.0. The van der Waals surface area contributed by atoms with Crippen LogP contribution in [0.25, 0.3) is 16.9 Å². The minimum absolute atomic E-state index is 0.0654. The van der Waals surface area contributed by atoms with Gasteiger partial charge in [-0.1, -0.05) is 23.8 Å². The van der Waals surface area contributed by atoms with Crippen LogP contribution in [0.5, 0.6) is 0 Å². The van der Waals surface area contributed by atoms with Crippen LogP contribution in [-0.2, 0) is 9.53 Å². The van der Waals surface area contributed by atoms with Crippen molar-refractivity contribution in [3.8, 4) is 11.3 Å². The molecule has 0 aliphatic carbocycles. The molecule has 1 amide bonds. The van der Waals surface area contributed by atoms with Gasteiger partial charge in [0, 0.05) is 44.7 Å². The fourth-order valence-electron chi connectivity index (χ4n) is 3.57. The van der Waals surface area contributed by atoms with Crippen LogP contribution in [0.15, 0.2) is 41.2 Å². The van der Waals surface area contributed by atoms with Gasteiger partial charge in [-0.25, -0.2) is 9.50 Å². The number of rotatable bonds is 5. The van der Waals surface area contributed by atoms with Crippen LogP contribution >= 0.6 is 0 Å². The van der Waals surface area contributed by atoms with Crippen LogP contribution in [0.4, 0.5) is 0 Å².